The summed E-state index contributed by atoms with van der Waals surface area (Å²) in [7, 11) is 1.69. The van der Waals surface area contributed by atoms with Crippen molar-refractivity contribution in [3.63, 3.8) is 0 Å². The first-order valence-electron chi connectivity index (χ1n) is 14.7. The van der Waals surface area contributed by atoms with Gasteiger partial charge in [0.25, 0.3) is 0 Å². The highest BCUT2D eigenvalue weighted by Gasteiger charge is 2.26. The number of hydrogen-bond acceptors (Lipinski definition) is 7. The van der Waals surface area contributed by atoms with Crippen LogP contribution in [0.2, 0.25) is 0 Å². The number of rotatable bonds is 8. The van der Waals surface area contributed by atoms with Crippen molar-refractivity contribution in [3.05, 3.63) is 24.5 Å². The Morgan fingerprint density at radius 1 is 1.05 bits per heavy atom. The predicted octanol–water partition coefficient (Wildman–Crippen LogP) is 4.50. The molecule has 3 fully saturated rings. The summed E-state index contributed by atoms with van der Waals surface area (Å²) >= 11 is 0. The number of benzene rings is 1. The van der Waals surface area contributed by atoms with Gasteiger partial charge in [-0.1, -0.05) is 24.2 Å². The first-order chi connectivity index (χ1) is 19.2. The minimum atomic E-state index is 0.345. The first kappa shape index (κ1) is 25.7. The lowest BCUT2D eigenvalue weighted by Crippen LogP contribution is -2.36. The van der Waals surface area contributed by atoms with E-state index in [0.29, 0.717) is 30.2 Å². The van der Waals surface area contributed by atoms with Crippen molar-refractivity contribution in [2.24, 2.45) is 5.92 Å². The molecule has 0 unspecified atom stereocenters. The second kappa shape index (κ2) is 11.7. The monoisotopic (exact) mass is 533 g/mol. The fourth-order valence-corrected chi connectivity index (χ4v) is 6.32. The van der Waals surface area contributed by atoms with E-state index in [1.54, 1.807) is 13.4 Å². The van der Waals surface area contributed by atoms with Gasteiger partial charge in [0.15, 0.2) is 12.1 Å². The number of likely N-dealkylation sites (tertiary alicyclic amines) is 1. The van der Waals surface area contributed by atoms with Crippen LogP contribution in [0.15, 0.2) is 24.5 Å². The predicted molar refractivity (Wildman–Crippen MR) is 153 cm³/mol. The summed E-state index contributed by atoms with van der Waals surface area (Å²) in [6, 6.07) is 6.69. The van der Waals surface area contributed by atoms with Crippen LogP contribution in [0.3, 0.4) is 0 Å². The van der Waals surface area contributed by atoms with Gasteiger partial charge < -0.3 is 25.2 Å². The molecule has 2 aromatic heterocycles. The van der Waals surface area contributed by atoms with Crippen LogP contribution < -0.4 is 25.3 Å². The standard InChI is InChI=1S/C29H40N8O2/c1-39-24-18-22(36-15-11-20(12-16-36)17-25(38)37-13-5-6-14-37)9-10-23(24)33-29-34-27-26(30-19-31-27)28(35-29)32-21-7-3-2-4-8-21/h9-10,18-21H,2-8,11-17H2,1H3,(H3,30,31,32,33,34,35)/p+1. The third kappa shape index (κ3) is 5.89. The van der Waals surface area contributed by atoms with Crippen LogP contribution in [0.4, 0.5) is 23.1 Å². The SMILES string of the molecule is COc1cc(N2CCC(CC(=O)N3CCCC3)CC2)ccc1Nc1nc(NC2CCCCC2)c2[nH]c[nH+]c2n1. The molecule has 1 aliphatic carbocycles. The largest absolute Gasteiger partial charge is 0.494 e. The zero-order valence-corrected chi connectivity index (χ0v) is 23.0. The topological polar surface area (TPSA) is 113 Å². The lowest BCUT2D eigenvalue weighted by atomic mass is 9.92. The Morgan fingerprint density at radius 3 is 2.62 bits per heavy atom. The lowest BCUT2D eigenvalue weighted by molar-refractivity contribution is -0.347. The average molecular weight is 534 g/mol. The van der Waals surface area contributed by atoms with Gasteiger partial charge in [-0.3, -0.25) is 9.78 Å². The number of nitrogens with zero attached hydrogens (tertiary/aromatic N) is 4. The Balaban J connectivity index is 1.12. The molecule has 39 heavy (non-hydrogen) atoms. The van der Waals surface area contributed by atoms with E-state index in [2.05, 4.69) is 42.6 Å². The number of aromatic nitrogens is 4. The Hall–Kier alpha value is -3.56. The number of H-pyrrole nitrogens is 2. The molecular weight excluding hydrogens is 492 g/mol. The van der Waals surface area contributed by atoms with E-state index < -0.39 is 0 Å². The molecule has 0 radical (unpaired) electrons. The van der Waals surface area contributed by atoms with Gasteiger partial charge in [0, 0.05) is 50.4 Å². The normalized spacial score (nSPS) is 19.0. The van der Waals surface area contributed by atoms with Crippen LogP contribution >= 0.6 is 0 Å². The number of aromatic amines is 2. The van der Waals surface area contributed by atoms with Crippen LogP contribution in [0.25, 0.3) is 11.2 Å². The van der Waals surface area contributed by atoms with Gasteiger partial charge in [0.2, 0.25) is 11.4 Å². The molecule has 10 heteroatoms. The smallest absolute Gasteiger partial charge is 0.307 e. The molecule has 0 bridgehead atoms. The van der Waals surface area contributed by atoms with Gasteiger partial charge in [-0.15, -0.1) is 0 Å². The first-order valence-corrected chi connectivity index (χ1v) is 14.7. The molecule has 4 heterocycles. The van der Waals surface area contributed by atoms with Gasteiger partial charge in [-0.05, 0) is 56.6 Å². The van der Waals surface area contributed by atoms with Gasteiger partial charge in [0.1, 0.15) is 5.75 Å². The average Bonchev–Trinajstić information content (AvgIpc) is 3.67. The summed E-state index contributed by atoms with van der Waals surface area (Å²) in [4.78, 5) is 33.0. The summed E-state index contributed by atoms with van der Waals surface area (Å²) in [6.45, 7) is 3.79. The Morgan fingerprint density at radius 2 is 1.85 bits per heavy atom. The van der Waals surface area contributed by atoms with Gasteiger partial charge in [-0.2, -0.15) is 4.98 Å². The fraction of sp³-hybridized carbons (Fsp3) is 0.586. The number of amides is 1. The third-order valence-electron chi connectivity index (χ3n) is 8.61. The number of fused-ring (bicyclic) bond motifs is 1. The van der Waals surface area contributed by atoms with E-state index in [9.17, 15) is 4.79 Å². The molecule has 0 atom stereocenters. The van der Waals surface area contributed by atoms with E-state index in [4.69, 9.17) is 9.72 Å². The number of methoxy groups -OCH3 is 1. The zero-order chi connectivity index (χ0) is 26.6. The highest BCUT2D eigenvalue weighted by Crippen LogP contribution is 2.34. The molecule has 2 saturated heterocycles. The minimum Gasteiger partial charge on any atom is -0.494 e. The molecule has 10 nitrogen and oxygen atoms in total. The molecule has 0 spiro atoms. The zero-order valence-electron chi connectivity index (χ0n) is 23.0. The molecule has 1 saturated carbocycles. The van der Waals surface area contributed by atoms with Crippen molar-refractivity contribution in [1.29, 1.82) is 0 Å². The van der Waals surface area contributed by atoms with Gasteiger partial charge in [-0.25, -0.2) is 4.98 Å². The Kier molecular flexibility index (Phi) is 7.69. The van der Waals surface area contributed by atoms with Crippen molar-refractivity contribution < 1.29 is 14.5 Å². The van der Waals surface area contributed by atoms with Crippen molar-refractivity contribution in [2.75, 3.05) is 48.8 Å². The molecule has 4 N–H and O–H groups in total. The second-order valence-corrected chi connectivity index (χ2v) is 11.3. The van der Waals surface area contributed by atoms with Crippen LogP contribution in [0.5, 0.6) is 5.75 Å². The van der Waals surface area contributed by atoms with Crippen molar-refractivity contribution in [3.8, 4) is 5.75 Å². The minimum absolute atomic E-state index is 0.345. The van der Waals surface area contributed by atoms with E-state index in [1.807, 2.05) is 11.0 Å². The van der Waals surface area contributed by atoms with Crippen molar-refractivity contribution >= 4 is 40.2 Å². The van der Waals surface area contributed by atoms with E-state index in [1.165, 1.54) is 32.1 Å². The molecular formula is C29H41N8O2+. The summed E-state index contributed by atoms with van der Waals surface area (Å²) in [5, 5.41) is 7.03. The molecule has 3 aliphatic rings. The second-order valence-electron chi connectivity index (χ2n) is 11.3. The number of carbonyl (C=O) groups excluding carboxylic acids is 1. The highest BCUT2D eigenvalue weighted by atomic mass is 16.5. The lowest BCUT2D eigenvalue weighted by Gasteiger charge is -2.34. The van der Waals surface area contributed by atoms with Gasteiger partial charge >= 0.3 is 11.6 Å². The number of nitrogens with one attached hydrogen (secondary N) is 4. The molecule has 6 rings (SSSR count). The van der Waals surface area contributed by atoms with Gasteiger partial charge in [0.05, 0.1) is 12.8 Å². The molecule has 1 aromatic carbocycles. The quantitative estimate of drug-likeness (QED) is 0.391. The molecule has 208 valence electrons. The molecule has 3 aromatic rings. The molecule has 2 aliphatic heterocycles. The number of imidazole rings is 1. The van der Waals surface area contributed by atoms with E-state index in [0.717, 1.165) is 86.0 Å². The maximum absolute atomic E-state index is 12.6. The van der Waals surface area contributed by atoms with Crippen LogP contribution in [-0.4, -0.2) is 65.1 Å². The fourth-order valence-electron chi connectivity index (χ4n) is 6.32. The number of ether oxygens (including phenoxy) is 1. The van der Waals surface area contributed by atoms with E-state index >= 15 is 0 Å². The number of carbonyl (C=O) groups is 1. The number of anilines is 4. The maximum atomic E-state index is 12.6. The van der Waals surface area contributed by atoms with E-state index in [-0.39, 0.29) is 0 Å². The van der Waals surface area contributed by atoms with Crippen LogP contribution in [-0.2, 0) is 4.79 Å². The maximum Gasteiger partial charge on any atom is 0.307 e. The number of hydrogen-bond donors (Lipinski definition) is 3. The summed E-state index contributed by atoms with van der Waals surface area (Å²) in [5.41, 5.74) is 3.61. The Bertz CT molecular complexity index is 1270. The third-order valence-corrected chi connectivity index (χ3v) is 8.61. The summed E-state index contributed by atoms with van der Waals surface area (Å²) < 4.78 is 5.78. The van der Waals surface area contributed by atoms with Crippen LogP contribution in [0.1, 0.15) is 64.2 Å². The van der Waals surface area contributed by atoms with Crippen molar-refractivity contribution in [2.45, 2.75) is 70.3 Å². The Labute approximate surface area is 229 Å². The van der Waals surface area contributed by atoms with Crippen molar-refractivity contribution in [1.82, 2.24) is 19.9 Å². The molecule has 1 amide bonds. The number of piperidine rings is 1. The summed E-state index contributed by atoms with van der Waals surface area (Å²) in [6.07, 6.45) is 13.0. The highest BCUT2D eigenvalue weighted by molar-refractivity contribution is 5.82. The van der Waals surface area contributed by atoms with Crippen LogP contribution in [0, 0.1) is 5.92 Å². The summed E-state index contributed by atoms with van der Waals surface area (Å²) in [5.74, 6) is 2.91.